The Kier molecular flexibility index (Phi) is 4.06. The van der Waals surface area contributed by atoms with Crippen molar-refractivity contribution in [3.63, 3.8) is 0 Å². The van der Waals surface area contributed by atoms with Gasteiger partial charge < -0.3 is 9.84 Å². The van der Waals surface area contributed by atoms with Crippen LogP contribution in [0.1, 0.15) is 12.5 Å². The Morgan fingerprint density at radius 1 is 1.21 bits per heavy atom. The van der Waals surface area contributed by atoms with E-state index in [9.17, 15) is 22.0 Å². The zero-order valence-corrected chi connectivity index (χ0v) is 9.90. The lowest BCUT2D eigenvalue weighted by Gasteiger charge is -2.19. The second kappa shape index (κ2) is 5.05. The maximum absolute atomic E-state index is 13.3. The number of hydrogen-bond acceptors (Lipinski definition) is 2. The second-order valence-corrected chi connectivity index (χ2v) is 3.76. The van der Waals surface area contributed by atoms with Crippen LogP contribution in [-0.2, 0) is 0 Å². The monoisotopic (exact) mass is 280 g/mol. The van der Waals surface area contributed by atoms with E-state index in [1.807, 2.05) is 5.92 Å². The van der Waals surface area contributed by atoms with Crippen molar-refractivity contribution in [2.75, 3.05) is 7.11 Å². The third-order valence-electron chi connectivity index (χ3n) is 2.25. The highest BCUT2D eigenvalue weighted by atomic mass is 19.4. The van der Waals surface area contributed by atoms with Gasteiger partial charge in [-0.25, -0.2) is 4.39 Å². The summed E-state index contributed by atoms with van der Waals surface area (Å²) < 4.78 is 67.7. The van der Waals surface area contributed by atoms with Crippen molar-refractivity contribution in [3.05, 3.63) is 29.3 Å². The van der Waals surface area contributed by atoms with Gasteiger partial charge in [-0.1, -0.05) is 11.8 Å². The molecule has 104 valence electrons. The van der Waals surface area contributed by atoms with Gasteiger partial charge in [-0.15, -0.1) is 0 Å². The van der Waals surface area contributed by atoms with E-state index >= 15 is 0 Å². The summed E-state index contributed by atoms with van der Waals surface area (Å²) in [5.74, 6) is 0.278. The minimum atomic E-state index is -4.97. The van der Waals surface area contributed by atoms with Crippen LogP contribution in [0.25, 0.3) is 0 Å². The number of ether oxygens (including phenoxy) is 1. The van der Waals surface area contributed by atoms with Crippen LogP contribution in [-0.4, -0.2) is 24.0 Å². The molecule has 0 bridgehead atoms. The normalized spacial score (nSPS) is 14.3. The largest absolute Gasteiger partial charge is 0.492 e. The summed E-state index contributed by atoms with van der Waals surface area (Å²) in [6.45, 7) is 0.451. The molecule has 2 nitrogen and oxygen atoms in total. The number of methoxy groups -OCH3 is 1. The minimum Gasteiger partial charge on any atom is -0.492 e. The van der Waals surface area contributed by atoms with Gasteiger partial charge in [-0.3, -0.25) is 0 Å². The Morgan fingerprint density at radius 3 is 2.26 bits per heavy atom. The van der Waals surface area contributed by atoms with Gasteiger partial charge in [0, 0.05) is 0 Å². The Morgan fingerprint density at radius 2 is 1.79 bits per heavy atom. The molecule has 0 amide bonds. The smallest absolute Gasteiger partial charge is 0.428 e. The van der Waals surface area contributed by atoms with Gasteiger partial charge in [0.05, 0.1) is 12.7 Å². The fraction of sp³-hybridized carbons (Fsp3) is 0.333. The van der Waals surface area contributed by atoms with Gasteiger partial charge in [0.1, 0.15) is 0 Å². The van der Waals surface area contributed by atoms with Crippen molar-refractivity contribution >= 4 is 0 Å². The summed E-state index contributed by atoms with van der Waals surface area (Å²) in [6.07, 6.45) is -4.97. The summed E-state index contributed by atoms with van der Waals surface area (Å²) in [5, 5.41) is 9.09. The maximum Gasteiger partial charge on any atom is 0.428 e. The summed E-state index contributed by atoms with van der Waals surface area (Å²) in [5.41, 5.74) is -3.56. The van der Waals surface area contributed by atoms with Gasteiger partial charge in [0.15, 0.2) is 11.6 Å². The lowest BCUT2D eigenvalue weighted by molar-refractivity contribution is -0.228. The fourth-order valence-corrected chi connectivity index (χ4v) is 1.09. The van der Waals surface area contributed by atoms with Crippen molar-refractivity contribution in [2.24, 2.45) is 0 Å². The number of hydrogen-bond donors (Lipinski definition) is 1. The van der Waals surface area contributed by atoms with E-state index in [1.165, 1.54) is 0 Å². The molecule has 0 radical (unpaired) electrons. The van der Waals surface area contributed by atoms with Gasteiger partial charge in [0.25, 0.3) is 0 Å². The van der Waals surface area contributed by atoms with E-state index < -0.39 is 29.2 Å². The number of halogens is 5. The van der Waals surface area contributed by atoms with Crippen molar-refractivity contribution in [1.82, 2.24) is 0 Å². The van der Waals surface area contributed by atoms with Crippen LogP contribution in [0.5, 0.6) is 5.75 Å². The van der Waals surface area contributed by atoms with Crippen LogP contribution in [0.4, 0.5) is 22.0 Å². The molecule has 0 aromatic heterocycles. The molecule has 0 heterocycles. The molecule has 1 unspecified atom stereocenters. The molecule has 0 aliphatic heterocycles. The number of aliphatic hydroxyl groups is 1. The molecule has 0 fully saturated rings. The first-order valence-corrected chi connectivity index (χ1v) is 4.94. The zero-order valence-electron chi connectivity index (χ0n) is 9.90. The Bertz CT molecular complexity index is 538. The molecule has 0 saturated carbocycles. The van der Waals surface area contributed by atoms with Gasteiger partial charge in [-0.05, 0) is 19.1 Å². The maximum atomic E-state index is 13.3. The Balaban J connectivity index is 3.26. The molecular weight excluding hydrogens is 271 g/mol. The van der Waals surface area contributed by atoms with Gasteiger partial charge >= 0.3 is 6.18 Å². The molecular formula is C12H9F5O2. The first kappa shape index (κ1) is 15.2. The van der Waals surface area contributed by atoms with Crippen molar-refractivity contribution < 1.29 is 31.8 Å². The van der Waals surface area contributed by atoms with Gasteiger partial charge in [0.2, 0.25) is 11.4 Å². The number of alkyl halides is 3. The fourth-order valence-electron chi connectivity index (χ4n) is 1.09. The predicted molar refractivity (Wildman–Crippen MR) is 56.5 cm³/mol. The topological polar surface area (TPSA) is 29.5 Å². The molecule has 7 heteroatoms. The first-order chi connectivity index (χ1) is 8.60. The van der Waals surface area contributed by atoms with E-state index in [2.05, 4.69) is 4.74 Å². The molecule has 0 aliphatic rings. The summed E-state index contributed by atoms with van der Waals surface area (Å²) in [4.78, 5) is 0. The SMILES string of the molecule is COc1c(C#CC(C)(O)C(F)(F)F)ccc(F)c1F. The Labute approximate surface area is 105 Å². The van der Waals surface area contributed by atoms with Crippen molar-refractivity contribution in [1.29, 1.82) is 0 Å². The summed E-state index contributed by atoms with van der Waals surface area (Å²) in [7, 11) is 1.02. The molecule has 1 aromatic rings. The highest BCUT2D eigenvalue weighted by Crippen LogP contribution is 2.30. The summed E-state index contributed by atoms with van der Waals surface area (Å²) in [6, 6.07) is 1.65. The molecule has 0 spiro atoms. The van der Waals surface area contributed by atoms with E-state index in [4.69, 9.17) is 5.11 Å². The average molecular weight is 280 g/mol. The second-order valence-electron chi connectivity index (χ2n) is 3.76. The van der Waals surface area contributed by atoms with Crippen LogP contribution in [0.3, 0.4) is 0 Å². The quantitative estimate of drug-likeness (QED) is 0.633. The van der Waals surface area contributed by atoms with Crippen molar-refractivity contribution in [3.8, 4) is 17.6 Å². The third kappa shape index (κ3) is 3.15. The van der Waals surface area contributed by atoms with Crippen LogP contribution in [0, 0.1) is 23.5 Å². The van der Waals surface area contributed by atoms with Crippen LogP contribution < -0.4 is 4.74 Å². The average Bonchev–Trinajstić information content (AvgIpc) is 2.29. The third-order valence-corrected chi connectivity index (χ3v) is 2.25. The minimum absolute atomic E-state index is 0.300. The molecule has 1 N–H and O–H groups in total. The summed E-state index contributed by atoms with van der Waals surface area (Å²) >= 11 is 0. The van der Waals surface area contributed by atoms with Crippen LogP contribution in [0.2, 0.25) is 0 Å². The molecule has 1 atom stereocenters. The van der Waals surface area contributed by atoms with Gasteiger partial charge in [-0.2, -0.15) is 17.6 Å². The van der Waals surface area contributed by atoms with E-state index in [-0.39, 0.29) is 5.56 Å². The van der Waals surface area contributed by atoms with E-state index in [1.54, 1.807) is 5.92 Å². The lowest BCUT2D eigenvalue weighted by atomic mass is 10.1. The Hall–Kier alpha value is -1.81. The van der Waals surface area contributed by atoms with E-state index in [0.717, 1.165) is 13.2 Å². The molecule has 1 rings (SSSR count). The highest BCUT2D eigenvalue weighted by Gasteiger charge is 2.49. The molecule has 0 aliphatic carbocycles. The number of benzene rings is 1. The first-order valence-electron chi connectivity index (χ1n) is 4.94. The molecule has 19 heavy (non-hydrogen) atoms. The van der Waals surface area contributed by atoms with E-state index in [0.29, 0.717) is 13.0 Å². The number of rotatable bonds is 1. The molecule has 1 aromatic carbocycles. The van der Waals surface area contributed by atoms with Crippen LogP contribution >= 0.6 is 0 Å². The van der Waals surface area contributed by atoms with Crippen LogP contribution in [0.15, 0.2) is 12.1 Å². The lowest BCUT2D eigenvalue weighted by Crippen LogP contribution is -2.40. The van der Waals surface area contributed by atoms with Crippen molar-refractivity contribution in [2.45, 2.75) is 18.7 Å². The standard InChI is InChI=1S/C12H9F5O2/c1-11(18,12(15,16)17)6-5-7-3-4-8(13)9(14)10(7)19-2/h3-4,18H,1-2H3. The molecule has 0 saturated heterocycles. The zero-order chi connectivity index (χ0) is 14.8. The highest BCUT2D eigenvalue weighted by molar-refractivity contribution is 5.48. The predicted octanol–water partition coefficient (Wildman–Crippen LogP) is 2.64.